The van der Waals surface area contributed by atoms with E-state index in [1.165, 1.54) is 0 Å². The van der Waals surface area contributed by atoms with E-state index in [2.05, 4.69) is 5.32 Å². The van der Waals surface area contributed by atoms with Gasteiger partial charge >= 0.3 is 0 Å². The molecule has 1 amide bonds. The number of amides is 1. The second kappa shape index (κ2) is 5.86. The molecule has 0 bridgehead atoms. The molecule has 0 aromatic rings. The Labute approximate surface area is 97.0 Å². The molecule has 4 nitrogen and oxygen atoms in total. The largest absolute Gasteiger partial charge is 0.376 e. The fourth-order valence-electron chi connectivity index (χ4n) is 1.91. The molecule has 1 rings (SSSR count). The lowest BCUT2D eigenvalue weighted by Gasteiger charge is -2.22. The maximum absolute atomic E-state index is 11.8. The predicted octanol–water partition coefficient (Wildman–Crippen LogP) is 1.47. The van der Waals surface area contributed by atoms with Gasteiger partial charge in [0.05, 0.1) is 18.2 Å². The molecule has 90 valence electrons. The van der Waals surface area contributed by atoms with Gasteiger partial charge in [-0.05, 0) is 25.7 Å². The Morgan fingerprint density at radius 2 is 2.19 bits per heavy atom. The summed E-state index contributed by atoms with van der Waals surface area (Å²) >= 11 is 0. The maximum atomic E-state index is 11.8. The van der Waals surface area contributed by atoms with Gasteiger partial charge in [0.1, 0.15) is 5.92 Å². The molecule has 0 aliphatic carbocycles. The first-order valence-corrected chi connectivity index (χ1v) is 5.88. The molecule has 1 saturated heterocycles. The lowest BCUT2D eigenvalue weighted by Crippen LogP contribution is -2.44. The van der Waals surface area contributed by atoms with Crippen LogP contribution in [0.4, 0.5) is 0 Å². The van der Waals surface area contributed by atoms with Crippen molar-refractivity contribution in [2.24, 2.45) is 11.8 Å². The predicted molar refractivity (Wildman–Crippen MR) is 60.5 cm³/mol. The lowest BCUT2D eigenvalue weighted by atomic mass is 9.96. The molecule has 1 aliphatic heterocycles. The third-order valence-electron chi connectivity index (χ3n) is 2.98. The fraction of sp³-hybridized carbons (Fsp3) is 0.833. The molecule has 0 spiro atoms. The van der Waals surface area contributed by atoms with Crippen molar-refractivity contribution in [1.29, 1.82) is 5.26 Å². The van der Waals surface area contributed by atoms with Gasteiger partial charge in [-0.15, -0.1) is 0 Å². The van der Waals surface area contributed by atoms with Crippen LogP contribution in [0.25, 0.3) is 0 Å². The molecule has 1 fully saturated rings. The standard InChI is InChI=1S/C12H20N2O2/c1-8(2)10(7-13)12(15)14-9(3)11-5-4-6-16-11/h8-11H,4-6H2,1-3H3,(H,14,15). The summed E-state index contributed by atoms with van der Waals surface area (Å²) in [6, 6.07) is 2.03. The lowest BCUT2D eigenvalue weighted by molar-refractivity contribution is -0.125. The van der Waals surface area contributed by atoms with Crippen LogP contribution in [0.2, 0.25) is 0 Å². The quantitative estimate of drug-likeness (QED) is 0.786. The number of rotatable bonds is 4. The molecule has 1 aliphatic rings. The van der Waals surface area contributed by atoms with Crippen molar-refractivity contribution in [3.8, 4) is 6.07 Å². The SMILES string of the molecule is CC(C)C(C#N)C(=O)NC(C)C1CCCO1. The van der Waals surface area contributed by atoms with Gasteiger partial charge in [0.2, 0.25) is 5.91 Å². The summed E-state index contributed by atoms with van der Waals surface area (Å²) in [6.07, 6.45) is 2.15. The highest BCUT2D eigenvalue weighted by molar-refractivity contribution is 5.81. The third kappa shape index (κ3) is 3.21. The zero-order valence-electron chi connectivity index (χ0n) is 10.2. The first-order chi connectivity index (χ1) is 7.56. The van der Waals surface area contributed by atoms with Gasteiger partial charge in [-0.2, -0.15) is 5.26 Å². The van der Waals surface area contributed by atoms with Crippen molar-refractivity contribution in [2.45, 2.75) is 45.8 Å². The molecule has 1 N–H and O–H groups in total. The van der Waals surface area contributed by atoms with Crippen LogP contribution in [-0.4, -0.2) is 24.7 Å². The summed E-state index contributed by atoms with van der Waals surface area (Å²) < 4.78 is 5.49. The molecule has 0 saturated carbocycles. The van der Waals surface area contributed by atoms with Crippen LogP contribution in [0.3, 0.4) is 0 Å². The maximum Gasteiger partial charge on any atom is 0.237 e. The summed E-state index contributed by atoms with van der Waals surface area (Å²) in [5, 5.41) is 11.8. The minimum atomic E-state index is -0.566. The average molecular weight is 224 g/mol. The Hall–Kier alpha value is -1.08. The zero-order valence-corrected chi connectivity index (χ0v) is 10.2. The van der Waals surface area contributed by atoms with Crippen molar-refractivity contribution in [3.05, 3.63) is 0 Å². The van der Waals surface area contributed by atoms with Gasteiger partial charge in [-0.3, -0.25) is 4.79 Å². The van der Waals surface area contributed by atoms with Crippen LogP contribution in [0, 0.1) is 23.2 Å². The molecule has 16 heavy (non-hydrogen) atoms. The van der Waals surface area contributed by atoms with Gasteiger partial charge in [0, 0.05) is 6.61 Å². The van der Waals surface area contributed by atoms with Crippen LogP contribution in [0.1, 0.15) is 33.6 Å². The van der Waals surface area contributed by atoms with Crippen LogP contribution in [-0.2, 0) is 9.53 Å². The minimum absolute atomic E-state index is 0.00963. The summed E-state index contributed by atoms with van der Waals surface area (Å²) in [5.41, 5.74) is 0. The Morgan fingerprint density at radius 3 is 2.62 bits per heavy atom. The molecule has 1 heterocycles. The van der Waals surface area contributed by atoms with Gasteiger partial charge in [0.15, 0.2) is 0 Å². The molecular weight excluding hydrogens is 204 g/mol. The van der Waals surface area contributed by atoms with Crippen molar-refractivity contribution in [3.63, 3.8) is 0 Å². The van der Waals surface area contributed by atoms with Crippen molar-refractivity contribution in [2.75, 3.05) is 6.61 Å². The molecular formula is C12H20N2O2. The number of hydrogen-bond acceptors (Lipinski definition) is 3. The second-order valence-corrected chi connectivity index (χ2v) is 4.70. The van der Waals surface area contributed by atoms with Gasteiger partial charge in [-0.25, -0.2) is 0 Å². The van der Waals surface area contributed by atoms with E-state index in [1.807, 2.05) is 26.8 Å². The van der Waals surface area contributed by atoms with E-state index >= 15 is 0 Å². The highest BCUT2D eigenvalue weighted by Gasteiger charge is 2.27. The van der Waals surface area contributed by atoms with Gasteiger partial charge in [-0.1, -0.05) is 13.8 Å². The number of nitriles is 1. The van der Waals surface area contributed by atoms with E-state index < -0.39 is 5.92 Å². The highest BCUT2D eigenvalue weighted by atomic mass is 16.5. The molecule has 3 atom stereocenters. The Morgan fingerprint density at radius 1 is 1.50 bits per heavy atom. The molecule has 0 aromatic heterocycles. The number of carbonyl (C=O) groups excluding carboxylic acids is 1. The van der Waals surface area contributed by atoms with Crippen LogP contribution >= 0.6 is 0 Å². The summed E-state index contributed by atoms with van der Waals surface area (Å²) in [7, 11) is 0. The normalized spacial score (nSPS) is 23.8. The fourth-order valence-corrected chi connectivity index (χ4v) is 1.91. The Kier molecular flexibility index (Phi) is 4.75. The number of nitrogens with one attached hydrogen (secondary N) is 1. The van der Waals surface area contributed by atoms with Gasteiger partial charge in [0.25, 0.3) is 0 Å². The van der Waals surface area contributed by atoms with E-state index in [1.54, 1.807) is 0 Å². The monoisotopic (exact) mass is 224 g/mol. The summed E-state index contributed by atoms with van der Waals surface area (Å²) in [6.45, 7) is 6.47. The summed E-state index contributed by atoms with van der Waals surface area (Å²) in [5.74, 6) is -0.703. The third-order valence-corrected chi connectivity index (χ3v) is 2.98. The van der Waals surface area contributed by atoms with Crippen molar-refractivity contribution in [1.82, 2.24) is 5.32 Å². The van der Waals surface area contributed by atoms with E-state index in [0.29, 0.717) is 0 Å². The van der Waals surface area contributed by atoms with Crippen LogP contribution in [0.5, 0.6) is 0 Å². The number of nitrogens with zero attached hydrogens (tertiary/aromatic N) is 1. The summed E-state index contributed by atoms with van der Waals surface area (Å²) in [4.78, 5) is 11.8. The molecule has 3 unspecified atom stereocenters. The first kappa shape index (κ1) is 13.0. The zero-order chi connectivity index (χ0) is 12.1. The Bertz CT molecular complexity index is 277. The molecule has 0 aromatic carbocycles. The second-order valence-electron chi connectivity index (χ2n) is 4.70. The van der Waals surface area contributed by atoms with Gasteiger partial charge < -0.3 is 10.1 Å². The van der Waals surface area contributed by atoms with Crippen LogP contribution < -0.4 is 5.32 Å². The number of hydrogen-bond donors (Lipinski definition) is 1. The van der Waals surface area contributed by atoms with Crippen molar-refractivity contribution >= 4 is 5.91 Å². The minimum Gasteiger partial charge on any atom is -0.376 e. The smallest absolute Gasteiger partial charge is 0.237 e. The molecule has 4 heteroatoms. The number of carbonyl (C=O) groups is 1. The van der Waals surface area contributed by atoms with Crippen molar-refractivity contribution < 1.29 is 9.53 Å². The van der Waals surface area contributed by atoms with E-state index in [0.717, 1.165) is 19.4 Å². The van der Waals surface area contributed by atoms with E-state index in [9.17, 15) is 4.79 Å². The topological polar surface area (TPSA) is 62.1 Å². The van der Waals surface area contributed by atoms with E-state index in [-0.39, 0.29) is 24.0 Å². The first-order valence-electron chi connectivity index (χ1n) is 5.88. The average Bonchev–Trinajstić information content (AvgIpc) is 2.70. The Balaban J connectivity index is 2.46. The molecule has 0 radical (unpaired) electrons. The number of ether oxygens (including phenoxy) is 1. The van der Waals surface area contributed by atoms with Crippen LogP contribution in [0.15, 0.2) is 0 Å². The van der Waals surface area contributed by atoms with E-state index in [4.69, 9.17) is 10.00 Å². The highest BCUT2D eigenvalue weighted by Crippen LogP contribution is 2.16.